The number of likely N-dealkylation sites (tertiary alicyclic amines) is 1. The molecular weight excluding hydrogens is 1800 g/mol. The minimum atomic E-state index is -1.69. The van der Waals surface area contributed by atoms with Crippen LogP contribution >= 0.6 is 21.6 Å². The molecule has 6 amide bonds. The zero-order chi connectivity index (χ0) is 103. The van der Waals surface area contributed by atoms with Gasteiger partial charge in [-0.1, -0.05) is 156 Å². The molecule has 2 saturated heterocycles. The van der Waals surface area contributed by atoms with Crippen LogP contribution in [0.25, 0.3) is 11.1 Å². The van der Waals surface area contributed by atoms with Gasteiger partial charge in [0, 0.05) is 115 Å². The van der Waals surface area contributed by atoms with Gasteiger partial charge in [0.05, 0.1) is 79.2 Å². The van der Waals surface area contributed by atoms with Gasteiger partial charge in [0.25, 0.3) is 0 Å². The quantitative estimate of drug-likeness (QED) is 0.00992. The fourth-order valence-electron chi connectivity index (χ4n) is 16.1. The van der Waals surface area contributed by atoms with E-state index < -0.39 is 210 Å². The smallest absolute Gasteiger partial charge is 0.317 e. The number of nitrogens with two attached hydrogens (primary N) is 2. The van der Waals surface area contributed by atoms with Gasteiger partial charge in [0.1, 0.15) is 35.0 Å². The molecular formula is C104H151N11O21S2. The standard InChI is InChI=1S/C94H132N8O17S2.C10H19N3O4/c1-57(2)42-72(96)90(115)102-41-21-26-76(102)80(106)49-69-55-120-121-56-70(89(114)99-74(46-62-31-35-66(36-32-62)65-24-18-17-19-25-65)78(104)48-68(51-83(109)118-93(11,12)13)86(111)97-54-64-23-20-22-63(43-64)53-95)50-81(107)85(59(4)116-91(5,6)7)101-82(108)40-39-77(103)73(45-61-29-27-58(3)28-30-61)98-87(112)67(44-60-33-37-71(38-34-60)117-92(8,9)10)47-79(105)75(100-88(69)113)52-84(110)119-94(14,15)16;1-8(14)11-3-5-13(7-10(16)17)6-4-12-9(2)15/h17-20,22-25,27-38,43,57,59,67-70,72-76,82,85-86,97,101,108,111H,21,26,39-42,44-56,95-96H2,1-16H3,(H,98,112)(H,99,114)(H,100,113);3-7H2,1-2H3,(H,11,14)(H,12,15)(H,16,17)/t59?,67-,68+,69+,70+,72+,73+,74+,75+,76+,82-,85+,86-;/m1./s1. The lowest BCUT2D eigenvalue weighted by molar-refractivity contribution is -0.158. The first kappa shape index (κ1) is 117. The van der Waals surface area contributed by atoms with Crippen LogP contribution in [-0.4, -0.2) is 235 Å². The van der Waals surface area contributed by atoms with Gasteiger partial charge in [-0.05, 0) is 199 Å². The molecule has 0 bridgehead atoms. The van der Waals surface area contributed by atoms with E-state index in [2.05, 4.69) is 37.2 Å². The fourth-order valence-corrected chi connectivity index (χ4v) is 18.7. The highest BCUT2D eigenvalue weighted by Gasteiger charge is 2.42. The molecule has 0 saturated carbocycles. The number of esters is 2. The van der Waals surface area contributed by atoms with Crippen LogP contribution < -0.4 is 53.4 Å². The van der Waals surface area contributed by atoms with Crippen molar-refractivity contribution < 1.29 is 101 Å². The molecule has 0 aliphatic carbocycles. The first-order chi connectivity index (χ1) is 64.7. The summed E-state index contributed by atoms with van der Waals surface area (Å²) in [5, 5.41) is 53.1. The summed E-state index contributed by atoms with van der Waals surface area (Å²) in [6.07, 6.45) is -7.28. The van der Waals surface area contributed by atoms with E-state index >= 15 is 38.4 Å². The Balaban J connectivity index is 0.00000155. The Bertz CT molecular complexity index is 4800. The van der Waals surface area contributed by atoms with Crippen LogP contribution in [0.1, 0.15) is 222 Å². The second-order valence-corrected chi connectivity index (χ2v) is 42.9. The molecule has 7 rings (SSSR count). The lowest BCUT2D eigenvalue weighted by atomic mass is 9.89. The third-order valence-electron chi connectivity index (χ3n) is 22.7. The molecule has 2 aliphatic rings. The summed E-state index contributed by atoms with van der Waals surface area (Å²) in [6.45, 7) is 33.3. The number of nitrogens with zero attached hydrogens (tertiary/aromatic N) is 2. The third-order valence-corrected chi connectivity index (χ3v) is 25.2. The molecule has 2 heterocycles. The molecule has 138 heavy (non-hydrogen) atoms. The number of ether oxygens (including phenoxy) is 4. The Hall–Kier alpha value is -10.1. The Labute approximate surface area is 821 Å². The lowest BCUT2D eigenvalue weighted by Gasteiger charge is -2.33. The average Bonchev–Trinajstić information content (AvgIpc) is 1.17. The highest BCUT2D eigenvalue weighted by atomic mass is 33.1. The largest absolute Gasteiger partial charge is 0.488 e. The minimum Gasteiger partial charge on any atom is -0.488 e. The highest BCUT2D eigenvalue weighted by molar-refractivity contribution is 8.76. The molecule has 5 aromatic rings. The number of carbonyl (C=O) groups is 14. The number of rotatable bonds is 38. The van der Waals surface area contributed by atoms with Crippen molar-refractivity contribution in [1.82, 2.24) is 47.0 Å². The predicted molar refractivity (Wildman–Crippen MR) is 533 cm³/mol. The van der Waals surface area contributed by atoms with E-state index in [-0.39, 0.29) is 93.9 Å². The molecule has 760 valence electrons. The first-order valence-corrected chi connectivity index (χ1v) is 50.2. The maximum atomic E-state index is 15.9. The highest BCUT2D eigenvalue weighted by Crippen LogP contribution is 2.34. The first-order valence-electron chi connectivity index (χ1n) is 47.7. The van der Waals surface area contributed by atoms with Gasteiger partial charge in [-0.2, -0.15) is 0 Å². The van der Waals surface area contributed by atoms with Crippen molar-refractivity contribution in [3.8, 4) is 16.9 Å². The topological polar surface area (TPSA) is 479 Å². The number of Topliss-reactive ketones (excluding diaryl/α,β-unsaturated/α-hetero) is 5. The SMILES string of the molecule is CC(=O)NCCN(CCNC(C)=O)CC(=O)O.Cc1ccc(C[C@@H]2NC(=O)[C@H](Cc3ccc(OC(C)(C)C)cc3)CC(=O)[C@H](CC(=O)OC(C)(C)C)NC(=O)[C@@H](CC(=O)[C@@H]3CCCN3C(=O)[C@@H](N)CC(C)C)CSSC[C@@H](C(=O)N[C@@H](Cc3ccc(-c4ccccc4)cc3)C(=O)C[C@@H](CC(=O)OC(C)(C)C)[C@@H](O)NCc3cccc(CN)c3)CC(=O)[C@H](C(C)OC(C)(C)C)N[C@H](O)CCC2=O)cc1. The number of aliphatic hydroxyl groups excluding tert-OH is 2. The van der Waals surface area contributed by atoms with Crippen LogP contribution in [0, 0.1) is 36.5 Å². The van der Waals surface area contributed by atoms with Crippen LogP contribution in [0.3, 0.4) is 0 Å². The average molecular weight is 1960 g/mol. The monoisotopic (exact) mass is 1950 g/mol. The van der Waals surface area contributed by atoms with Crippen molar-refractivity contribution in [3.63, 3.8) is 0 Å². The molecule has 13 atom stereocenters. The molecule has 0 aromatic heterocycles. The number of aliphatic carboxylic acids is 1. The zero-order valence-corrected chi connectivity index (χ0v) is 85.4. The molecule has 1 unspecified atom stereocenters. The van der Waals surface area contributed by atoms with Crippen LogP contribution in [0.2, 0.25) is 0 Å². The maximum absolute atomic E-state index is 15.9. The lowest BCUT2D eigenvalue weighted by Crippen LogP contribution is -2.53. The van der Waals surface area contributed by atoms with Crippen LogP contribution in [-0.2, 0) is 114 Å². The molecule has 2 fully saturated rings. The van der Waals surface area contributed by atoms with Gasteiger partial charge in [-0.3, -0.25) is 82.7 Å². The second kappa shape index (κ2) is 56.3. The maximum Gasteiger partial charge on any atom is 0.317 e. The zero-order valence-electron chi connectivity index (χ0n) is 83.7. The van der Waals surface area contributed by atoms with E-state index in [1.807, 2.05) is 145 Å². The van der Waals surface area contributed by atoms with Crippen molar-refractivity contribution in [2.45, 2.75) is 305 Å². The summed E-state index contributed by atoms with van der Waals surface area (Å²) >= 11 is 0. The van der Waals surface area contributed by atoms with Gasteiger partial charge in [0.2, 0.25) is 35.4 Å². The summed E-state index contributed by atoms with van der Waals surface area (Å²) in [6, 6.07) is 31.1. The van der Waals surface area contributed by atoms with Crippen molar-refractivity contribution in [3.05, 3.63) is 161 Å². The number of aliphatic hydroxyl groups is 2. The molecule has 5 aromatic carbocycles. The number of benzene rings is 5. The van der Waals surface area contributed by atoms with Gasteiger partial charge in [0.15, 0.2) is 28.9 Å². The molecule has 0 spiro atoms. The number of carboxylic acid groups (broad SMARTS) is 1. The van der Waals surface area contributed by atoms with E-state index in [0.29, 0.717) is 61.5 Å². The Morgan fingerprint density at radius 2 is 1.19 bits per heavy atom. The van der Waals surface area contributed by atoms with E-state index in [1.54, 1.807) is 98.4 Å². The third kappa shape index (κ3) is 44.1. The molecule has 32 nitrogen and oxygen atoms in total. The van der Waals surface area contributed by atoms with Crippen LogP contribution in [0.15, 0.2) is 127 Å². The van der Waals surface area contributed by atoms with E-state index in [9.17, 15) is 39.0 Å². The van der Waals surface area contributed by atoms with Gasteiger partial charge >= 0.3 is 17.9 Å². The number of amides is 6. The van der Waals surface area contributed by atoms with Gasteiger partial charge in [-0.15, -0.1) is 0 Å². The van der Waals surface area contributed by atoms with Crippen LogP contribution in [0.5, 0.6) is 5.75 Å². The summed E-state index contributed by atoms with van der Waals surface area (Å²) in [7, 11) is 2.12. The molecule has 0 radical (unpaired) electrons. The number of hydrogen-bond acceptors (Lipinski definition) is 27. The van der Waals surface area contributed by atoms with Gasteiger partial charge in [-0.25, -0.2) is 0 Å². The Morgan fingerprint density at radius 1 is 0.616 bits per heavy atom. The number of nitrogens with one attached hydrogen (secondary N) is 7. The fraction of sp³-hybridized carbons (Fsp3) is 0.577. The minimum absolute atomic E-state index is 0.0376. The summed E-state index contributed by atoms with van der Waals surface area (Å²) in [4.78, 5) is 201. The summed E-state index contributed by atoms with van der Waals surface area (Å²) in [5.41, 5.74) is 15.2. The normalized spacial score (nSPS) is 20.0. The van der Waals surface area contributed by atoms with Crippen molar-refractivity contribution in [1.29, 1.82) is 0 Å². The van der Waals surface area contributed by atoms with E-state index in [1.165, 1.54) is 18.7 Å². The van der Waals surface area contributed by atoms with Crippen molar-refractivity contribution >= 4 is 104 Å². The number of carboxylic acids is 1. The number of carbonyl (C=O) groups excluding carboxylic acids is 13. The number of aryl methyl sites for hydroxylation is 1. The van der Waals surface area contributed by atoms with E-state index in [0.717, 1.165) is 49.4 Å². The molecule has 34 heteroatoms. The predicted octanol–water partition coefficient (Wildman–Crippen LogP) is 9.89. The van der Waals surface area contributed by atoms with Crippen molar-refractivity contribution in [2.75, 3.05) is 50.8 Å². The van der Waals surface area contributed by atoms with E-state index in [4.69, 9.17) is 35.5 Å². The number of hydrogen-bond donors (Lipinski definition) is 12. The molecule has 2 aliphatic heterocycles. The number of ketones is 5. The van der Waals surface area contributed by atoms with Crippen molar-refractivity contribution in [2.24, 2.45) is 41.1 Å². The van der Waals surface area contributed by atoms with Gasteiger partial charge < -0.3 is 77.2 Å². The molecule has 14 N–H and O–H groups in total. The van der Waals surface area contributed by atoms with Crippen LogP contribution in [0.4, 0.5) is 0 Å². The Kier molecular flexibility index (Phi) is 47.6. The second-order valence-electron chi connectivity index (χ2n) is 40.4. The Morgan fingerprint density at radius 3 is 1.78 bits per heavy atom. The summed E-state index contributed by atoms with van der Waals surface area (Å²) in [5.74, 6) is -13.6. The summed E-state index contributed by atoms with van der Waals surface area (Å²) < 4.78 is 24.1.